The van der Waals surface area contributed by atoms with Crippen LogP contribution in [0, 0.1) is 23.7 Å². The van der Waals surface area contributed by atoms with Gasteiger partial charge in [0, 0.05) is 17.4 Å². The summed E-state index contributed by atoms with van der Waals surface area (Å²) in [4.78, 5) is 11.6. The Kier molecular flexibility index (Phi) is 5.76. The molecule has 5 saturated carbocycles. The Bertz CT molecular complexity index is 1030. The number of nitrogens with one attached hydrogen (secondary N) is 2. The summed E-state index contributed by atoms with van der Waals surface area (Å²) in [7, 11) is 0. The molecule has 5 aliphatic rings. The molecular weight excluding hydrogens is 444 g/mol. The van der Waals surface area contributed by atoms with Crippen LogP contribution in [-0.4, -0.2) is 17.1 Å². The van der Waals surface area contributed by atoms with Crippen molar-refractivity contribution < 1.29 is 9.90 Å². The maximum Gasteiger partial charge on any atom is 0.308 e. The highest BCUT2D eigenvalue weighted by atomic mass is 35.5. The van der Waals surface area contributed by atoms with Gasteiger partial charge in [0.15, 0.2) is 0 Å². The van der Waals surface area contributed by atoms with Crippen LogP contribution in [0.1, 0.15) is 69.8 Å². The van der Waals surface area contributed by atoms with Gasteiger partial charge in [0.05, 0.1) is 16.6 Å². The van der Waals surface area contributed by atoms with E-state index in [1.54, 1.807) is 0 Å². The smallest absolute Gasteiger partial charge is 0.308 e. The molecule has 0 heterocycles. The lowest BCUT2D eigenvalue weighted by Gasteiger charge is -2.57. The summed E-state index contributed by atoms with van der Waals surface area (Å²) in [6, 6.07) is 14.8. The first-order valence-electron chi connectivity index (χ1n) is 13.1. The molecule has 180 valence electrons. The van der Waals surface area contributed by atoms with Gasteiger partial charge in [-0.25, -0.2) is 0 Å². The molecule has 0 aliphatic heterocycles. The number of carboxylic acids is 1. The molecule has 7 rings (SSSR count). The molecular formula is C29H35ClN2O2. The van der Waals surface area contributed by atoms with Crippen molar-refractivity contribution in [3.05, 3.63) is 53.1 Å². The third kappa shape index (κ3) is 4.19. The standard InChI is InChI=1S/C29H35ClN2O2/c30-25-14-21(29-15-18-11-19(16-29)13-20(12-18)17-29)5-10-27(25)32-23-8-6-22(7-9-23)31-26-4-2-1-3-24(26)28(33)34/h5-10,14,18-20,24,26,31-32H,1-4,11-13,15-17H2,(H,33,34). The van der Waals surface area contributed by atoms with E-state index in [4.69, 9.17) is 11.6 Å². The summed E-state index contributed by atoms with van der Waals surface area (Å²) in [6.45, 7) is 0. The van der Waals surface area contributed by atoms with Gasteiger partial charge in [0.2, 0.25) is 0 Å². The summed E-state index contributed by atoms with van der Waals surface area (Å²) >= 11 is 6.79. The summed E-state index contributed by atoms with van der Waals surface area (Å²) in [5.41, 5.74) is 4.69. The van der Waals surface area contributed by atoms with E-state index in [1.165, 1.54) is 44.1 Å². The maximum absolute atomic E-state index is 11.6. The molecule has 5 fully saturated rings. The highest BCUT2D eigenvalue weighted by Gasteiger charge is 2.51. The van der Waals surface area contributed by atoms with Crippen LogP contribution >= 0.6 is 11.6 Å². The second kappa shape index (κ2) is 8.78. The van der Waals surface area contributed by atoms with Crippen molar-refractivity contribution in [2.75, 3.05) is 10.6 Å². The molecule has 2 aromatic rings. The number of carbonyl (C=O) groups is 1. The molecule has 0 radical (unpaired) electrons. The number of hydrogen-bond donors (Lipinski definition) is 3. The number of aliphatic carboxylic acids is 1. The molecule has 2 atom stereocenters. The first kappa shape index (κ1) is 22.3. The van der Waals surface area contributed by atoms with E-state index in [2.05, 4.69) is 28.8 Å². The van der Waals surface area contributed by atoms with Crippen LogP contribution in [-0.2, 0) is 10.2 Å². The number of rotatable bonds is 6. The summed E-state index contributed by atoms with van der Waals surface area (Å²) < 4.78 is 0. The van der Waals surface area contributed by atoms with Crippen molar-refractivity contribution in [2.45, 2.75) is 75.7 Å². The van der Waals surface area contributed by atoms with E-state index in [9.17, 15) is 9.90 Å². The normalized spacial score (nSPS) is 34.1. The second-order valence-electron chi connectivity index (χ2n) is 11.6. The average Bonchev–Trinajstić information content (AvgIpc) is 2.81. The Balaban J connectivity index is 1.14. The summed E-state index contributed by atoms with van der Waals surface area (Å²) in [6.07, 6.45) is 12.1. The molecule has 0 aromatic heterocycles. The van der Waals surface area contributed by atoms with Crippen molar-refractivity contribution in [3.63, 3.8) is 0 Å². The highest BCUT2D eigenvalue weighted by molar-refractivity contribution is 6.33. The fourth-order valence-corrected chi connectivity index (χ4v) is 8.26. The first-order valence-corrected chi connectivity index (χ1v) is 13.5. The maximum atomic E-state index is 11.6. The average molecular weight is 479 g/mol. The lowest BCUT2D eigenvalue weighted by Crippen LogP contribution is -2.48. The number of anilines is 3. The van der Waals surface area contributed by atoms with Gasteiger partial charge in [0.1, 0.15) is 0 Å². The molecule has 0 amide bonds. The fraction of sp³-hybridized carbons (Fsp3) is 0.552. The van der Waals surface area contributed by atoms with E-state index >= 15 is 0 Å². The Morgan fingerprint density at radius 1 is 0.882 bits per heavy atom. The predicted octanol–water partition coefficient (Wildman–Crippen LogP) is 7.61. The highest BCUT2D eigenvalue weighted by Crippen LogP contribution is 2.61. The SMILES string of the molecule is O=C(O)C1CCCCC1Nc1ccc(Nc2ccc(C34CC5CC(CC(C5)C3)C4)cc2Cl)cc1. The van der Waals surface area contributed by atoms with Gasteiger partial charge in [0.25, 0.3) is 0 Å². The van der Waals surface area contributed by atoms with Gasteiger partial charge in [-0.3, -0.25) is 4.79 Å². The Labute approximate surface area is 207 Å². The Hall–Kier alpha value is -2.20. The first-order chi connectivity index (χ1) is 16.5. The van der Waals surface area contributed by atoms with Crippen LogP contribution in [0.4, 0.5) is 17.1 Å². The van der Waals surface area contributed by atoms with Gasteiger partial charge in [-0.05, 0) is 116 Å². The number of halogens is 1. The number of benzene rings is 2. The molecule has 2 aromatic carbocycles. The quantitative estimate of drug-likeness (QED) is 0.399. The third-order valence-corrected chi connectivity index (χ3v) is 9.53. The van der Waals surface area contributed by atoms with E-state index in [0.717, 1.165) is 65.5 Å². The molecule has 0 saturated heterocycles. The van der Waals surface area contributed by atoms with Crippen molar-refractivity contribution >= 4 is 34.6 Å². The largest absolute Gasteiger partial charge is 0.481 e. The van der Waals surface area contributed by atoms with Gasteiger partial charge in [-0.15, -0.1) is 0 Å². The van der Waals surface area contributed by atoms with E-state index in [0.29, 0.717) is 5.41 Å². The number of hydrogen-bond acceptors (Lipinski definition) is 3. The number of carboxylic acid groups (broad SMARTS) is 1. The predicted molar refractivity (Wildman–Crippen MR) is 138 cm³/mol. The van der Waals surface area contributed by atoms with Crippen LogP contribution in [0.25, 0.3) is 0 Å². The Morgan fingerprint density at radius 3 is 2.12 bits per heavy atom. The van der Waals surface area contributed by atoms with Crippen molar-refractivity contribution in [3.8, 4) is 0 Å². The minimum Gasteiger partial charge on any atom is -0.481 e. The van der Waals surface area contributed by atoms with Crippen molar-refractivity contribution in [1.29, 1.82) is 0 Å². The zero-order valence-corrected chi connectivity index (χ0v) is 20.5. The molecule has 0 spiro atoms. The zero-order valence-electron chi connectivity index (χ0n) is 19.7. The van der Waals surface area contributed by atoms with Gasteiger partial charge >= 0.3 is 5.97 Å². The molecule has 4 bridgehead atoms. The van der Waals surface area contributed by atoms with E-state index in [1.807, 2.05) is 24.3 Å². The minimum absolute atomic E-state index is 0.00312. The molecule has 4 nitrogen and oxygen atoms in total. The molecule has 5 heteroatoms. The molecule has 3 N–H and O–H groups in total. The Morgan fingerprint density at radius 2 is 1.50 bits per heavy atom. The minimum atomic E-state index is -0.692. The zero-order chi connectivity index (χ0) is 23.3. The lowest BCUT2D eigenvalue weighted by atomic mass is 9.48. The molecule has 2 unspecified atom stereocenters. The van der Waals surface area contributed by atoms with Crippen LogP contribution < -0.4 is 10.6 Å². The topological polar surface area (TPSA) is 61.4 Å². The third-order valence-electron chi connectivity index (χ3n) is 9.22. The van der Waals surface area contributed by atoms with Crippen LogP contribution in [0.15, 0.2) is 42.5 Å². The van der Waals surface area contributed by atoms with Gasteiger partial charge in [-0.2, -0.15) is 0 Å². The van der Waals surface area contributed by atoms with E-state index in [-0.39, 0.29) is 12.0 Å². The van der Waals surface area contributed by atoms with Crippen LogP contribution in [0.5, 0.6) is 0 Å². The summed E-state index contributed by atoms with van der Waals surface area (Å²) in [5.74, 6) is 1.78. The van der Waals surface area contributed by atoms with Crippen molar-refractivity contribution in [1.82, 2.24) is 0 Å². The molecule has 34 heavy (non-hydrogen) atoms. The van der Waals surface area contributed by atoms with Crippen LogP contribution in [0.2, 0.25) is 5.02 Å². The van der Waals surface area contributed by atoms with Gasteiger partial charge < -0.3 is 15.7 Å². The van der Waals surface area contributed by atoms with Crippen LogP contribution in [0.3, 0.4) is 0 Å². The van der Waals surface area contributed by atoms with Gasteiger partial charge in [-0.1, -0.05) is 30.5 Å². The fourth-order valence-electron chi connectivity index (χ4n) is 8.03. The lowest BCUT2D eigenvalue weighted by molar-refractivity contribution is -0.143. The van der Waals surface area contributed by atoms with Crippen molar-refractivity contribution in [2.24, 2.45) is 23.7 Å². The molecule has 5 aliphatic carbocycles. The van der Waals surface area contributed by atoms with E-state index < -0.39 is 5.97 Å². The monoisotopic (exact) mass is 478 g/mol. The summed E-state index contributed by atoms with van der Waals surface area (Å²) in [5, 5.41) is 17.2. The second-order valence-corrected chi connectivity index (χ2v) is 12.0.